The molecule has 2 aromatic rings. The van der Waals surface area contributed by atoms with Crippen molar-refractivity contribution in [3.63, 3.8) is 0 Å². The Balaban J connectivity index is 0.00000280. The molecule has 3 rings (SSSR count). The first-order valence-corrected chi connectivity index (χ1v) is 8.72. The van der Waals surface area contributed by atoms with Crippen LogP contribution in [0.1, 0.15) is 17.2 Å². The standard InChI is InChI=1S/C16H22F3N7O.ClH/c1-10-7-11(2)26-15(22-10)23-13(24-26)8-14(27)21-9-12(16(17,18)19)25-5-3-20-4-6-25;/h7,12,20H,3-6,8-9H2,1-2H3,(H,21,27);1H. The summed E-state index contributed by atoms with van der Waals surface area (Å²) in [7, 11) is 0. The van der Waals surface area contributed by atoms with Crippen molar-refractivity contribution in [1.82, 2.24) is 35.1 Å². The lowest BCUT2D eigenvalue weighted by atomic mass is 10.2. The molecule has 0 aliphatic carbocycles. The van der Waals surface area contributed by atoms with Crippen LogP contribution in [0.5, 0.6) is 0 Å². The van der Waals surface area contributed by atoms with E-state index in [1.807, 2.05) is 19.9 Å². The topological polar surface area (TPSA) is 87.5 Å². The van der Waals surface area contributed by atoms with E-state index in [1.165, 1.54) is 9.42 Å². The summed E-state index contributed by atoms with van der Waals surface area (Å²) >= 11 is 0. The van der Waals surface area contributed by atoms with Gasteiger partial charge in [-0.05, 0) is 19.9 Å². The van der Waals surface area contributed by atoms with Gasteiger partial charge in [0.15, 0.2) is 5.82 Å². The van der Waals surface area contributed by atoms with Crippen LogP contribution in [0.25, 0.3) is 5.78 Å². The van der Waals surface area contributed by atoms with Crippen molar-refractivity contribution in [2.75, 3.05) is 32.7 Å². The Morgan fingerprint density at radius 1 is 1.29 bits per heavy atom. The molecule has 0 saturated carbocycles. The molecule has 2 aromatic heterocycles. The van der Waals surface area contributed by atoms with E-state index in [-0.39, 0.29) is 24.7 Å². The molecule has 2 N–H and O–H groups in total. The van der Waals surface area contributed by atoms with Crippen LogP contribution in [0.4, 0.5) is 13.2 Å². The molecular weight excluding hydrogens is 399 g/mol. The van der Waals surface area contributed by atoms with E-state index < -0.39 is 24.7 Å². The number of alkyl halides is 3. The van der Waals surface area contributed by atoms with Crippen molar-refractivity contribution < 1.29 is 18.0 Å². The van der Waals surface area contributed by atoms with Crippen LogP contribution in [0.15, 0.2) is 6.07 Å². The van der Waals surface area contributed by atoms with Gasteiger partial charge in [-0.3, -0.25) is 9.69 Å². The second-order valence-electron chi connectivity index (χ2n) is 6.60. The third-order valence-electron chi connectivity index (χ3n) is 4.44. The molecule has 28 heavy (non-hydrogen) atoms. The first-order chi connectivity index (χ1) is 12.7. The monoisotopic (exact) mass is 421 g/mol. The summed E-state index contributed by atoms with van der Waals surface area (Å²) in [6, 6.07) is 0.122. The fraction of sp³-hybridized carbons (Fsp3) is 0.625. The lowest BCUT2D eigenvalue weighted by Crippen LogP contribution is -2.57. The second-order valence-corrected chi connectivity index (χ2v) is 6.60. The zero-order chi connectivity index (χ0) is 19.6. The Morgan fingerprint density at radius 3 is 2.61 bits per heavy atom. The number of piperazine rings is 1. The Bertz CT molecular complexity index is 820. The first kappa shape index (κ1) is 22.3. The average molecular weight is 422 g/mol. The van der Waals surface area contributed by atoms with Gasteiger partial charge in [-0.1, -0.05) is 0 Å². The number of hydrogen-bond donors (Lipinski definition) is 2. The highest BCUT2D eigenvalue weighted by atomic mass is 35.5. The third kappa shape index (κ3) is 5.30. The number of nitrogens with zero attached hydrogens (tertiary/aromatic N) is 5. The number of halogens is 4. The summed E-state index contributed by atoms with van der Waals surface area (Å²) in [4.78, 5) is 21.9. The zero-order valence-corrected chi connectivity index (χ0v) is 16.4. The largest absolute Gasteiger partial charge is 0.405 e. The van der Waals surface area contributed by atoms with Crippen LogP contribution in [0.3, 0.4) is 0 Å². The van der Waals surface area contributed by atoms with Crippen molar-refractivity contribution in [2.45, 2.75) is 32.5 Å². The smallest absolute Gasteiger partial charge is 0.354 e. The van der Waals surface area contributed by atoms with Gasteiger partial charge in [0.25, 0.3) is 5.78 Å². The molecule has 1 aliphatic rings. The van der Waals surface area contributed by atoms with Crippen molar-refractivity contribution in [3.05, 3.63) is 23.3 Å². The molecule has 0 spiro atoms. The third-order valence-corrected chi connectivity index (χ3v) is 4.44. The van der Waals surface area contributed by atoms with Gasteiger partial charge in [-0.25, -0.2) is 9.50 Å². The molecule has 0 radical (unpaired) electrons. The summed E-state index contributed by atoms with van der Waals surface area (Å²) in [5.41, 5.74) is 1.58. The quantitative estimate of drug-likeness (QED) is 0.737. The molecule has 156 valence electrons. The van der Waals surface area contributed by atoms with Gasteiger partial charge in [-0.15, -0.1) is 17.5 Å². The van der Waals surface area contributed by atoms with Crippen LogP contribution >= 0.6 is 12.4 Å². The van der Waals surface area contributed by atoms with Gasteiger partial charge in [0.1, 0.15) is 6.04 Å². The van der Waals surface area contributed by atoms with Crippen LogP contribution in [-0.2, 0) is 11.2 Å². The number of aryl methyl sites for hydroxylation is 2. The number of nitrogens with one attached hydrogen (secondary N) is 2. The number of rotatable bonds is 5. The highest BCUT2D eigenvalue weighted by Crippen LogP contribution is 2.24. The van der Waals surface area contributed by atoms with Gasteiger partial charge in [0.05, 0.1) is 6.42 Å². The number of amides is 1. The Morgan fingerprint density at radius 2 is 1.96 bits per heavy atom. The lowest BCUT2D eigenvalue weighted by molar-refractivity contribution is -0.184. The summed E-state index contributed by atoms with van der Waals surface area (Å²) in [6.07, 6.45) is -4.61. The molecule has 3 heterocycles. The maximum absolute atomic E-state index is 13.4. The number of aromatic nitrogens is 4. The van der Waals surface area contributed by atoms with Gasteiger partial charge < -0.3 is 10.6 Å². The molecule has 1 amide bonds. The fourth-order valence-corrected chi connectivity index (χ4v) is 3.14. The highest BCUT2D eigenvalue weighted by Gasteiger charge is 2.43. The molecular formula is C16H23ClF3N7O. The minimum absolute atomic E-state index is 0. The molecule has 12 heteroatoms. The molecule has 1 fully saturated rings. The van der Waals surface area contributed by atoms with E-state index in [2.05, 4.69) is 25.7 Å². The Labute approximate surface area is 166 Å². The molecule has 1 aliphatic heterocycles. The van der Waals surface area contributed by atoms with E-state index in [9.17, 15) is 18.0 Å². The number of carbonyl (C=O) groups is 1. The molecule has 0 bridgehead atoms. The van der Waals surface area contributed by atoms with Crippen LogP contribution in [0.2, 0.25) is 0 Å². The van der Waals surface area contributed by atoms with Gasteiger partial charge in [0, 0.05) is 44.1 Å². The summed E-state index contributed by atoms with van der Waals surface area (Å²) in [6.45, 7) is 4.74. The van der Waals surface area contributed by atoms with Crippen molar-refractivity contribution >= 4 is 24.1 Å². The van der Waals surface area contributed by atoms with Crippen LogP contribution in [0, 0.1) is 13.8 Å². The van der Waals surface area contributed by atoms with Crippen LogP contribution in [-0.4, -0.2) is 75.3 Å². The van der Waals surface area contributed by atoms with Crippen molar-refractivity contribution in [3.8, 4) is 0 Å². The van der Waals surface area contributed by atoms with E-state index in [0.717, 1.165) is 11.4 Å². The van der Waals surface area contributed by atoms with E-state index in [0.29, 0.717) is 32.0 Å². The summed E-state index contributed by atoms with van der Waals surface area (Å²) in [5.74, 6) is 0.0355. The molecule has 8 nitrogen and oxygen atoms in total. The van der Waals surface area contributed by atoms with Gasteiger partial charge in [0.2, 0.25) is 5.91 Å². The van der Waals surface area contributed by atoms with Crippen LogP contribution < -0.4 is 10.6 Å². The first-order valence-electron chi connectivity index (χ1n) is 8.72. The minimum Gasteiger partial charge on any atom is -0.354 e. The average Bonchev–Trinajstić information content (AvgIpc) is 2.97. The maximum atomic E-state index is 13.4. The maximum Gasteiger partial charge on any atom is 0.405 e. The number of carbonyl (C=O) groups excluding carboxylic acids is 1. The number of fused-ring (bicyclic) bond motifs is 1. The molecule has 1 unspecified atom stereocenters. The second kappa shape index (κ2) is 9.01. The predicted octanol–water partition coefficient (Wildman–Crippen LogP) is 0.658. The minimum atomic E-state index is -4.41. The normalized spacial score (nSPS) is 16.6. The Hall–Kier alpha value is -1.98. The lowest BCUT2D eigenvalue weighted by Gasteiger charge is -2.35. The molecule has 1 atom stereocenters. The fourth-order valence-electron chi connectivity index (χ4n) is 3.14. The number of hydrogen-bond acceptors (Lipinski definition) is 6. The highest BCUT2D eigenvalue weighted by molar-refractivity contribution is 5.85. The van der Waals surface area contributed by atoms with Gasteiger partial charge in [-0.2, -0.15) is 18.2 Å². The zero-order valence-electron chi connectivity index (χ0n) is 15.6. The Kier molecular flexibility index (Phi) is 7.18. The predicted molar refractivity (Wildman–Crippen MR) is 98.5 cm³/mol. The summed E-state index contributed by atoms with van der Waals surface area (Å²) < 4.78 is 41.6. The van der Waals surface area contributed by atoms with Crippen molar-refractivity contribution in [2.24, 2.45) is 0 Å². The van der Waals surface area contributed by atoms with Crippen molar-refractivity contribution in [1.29, 1.82) is 0 Å². The molecule has 0 aromatic carbocycles. The SMILES string of the molecule is Cc1cc(C)n2nc(CC(=O)NCC(N3CCNCC3)C(F)(F)F)nc2n1.Cl. The van der Waals surface area contributed by atoms with E-state index >= 15 is 0 Å². The van der Waals surface area contributed by atoms with Gasteiger partial charge >= 0.3 is 6.18 Å². The van der Waals surface area contributed by atoms with E-state index in [1.54, 1.807) is 0 Å². The van der Waals surface area contributed by atoms with E-state index in [4.69, 9.17) is 0 Å². The summed E-state index contributed by atoms with van der Waals surface area (Å²) in [5, 5.41) is 9.59. The molecule has 1 saturated heterocycles.